The standard InChI is InChI=1S/C22H25N3O2/c1-15-7-9-18(10-8-15)27-16(2)22(26)25-13-11-17(12-14-25)21-23-19-5-3-4-6-20(19)24-21/h3-10,16-17H,11-14H2,1-2H3,(H,23,24). The van der Waals surface area contributed by atoms with Gasteiger partial charge in [-0.1, -0.05) is 29.8 Å². The molecule has 1 N–H and O–H groups in total. The SMILES string of the molecule is Cc1ccc(OC(C)C(=O)N2CCC(c3nc4ccccc4[nH]3)CC2)cc1. The van der Waals surface area contributed by atoms with Gasteiger partial charge in [0.1, 0.15) is 11.6 Å². The summed E-state index contributed by atoms with van der Waals surface area (Å²) >= 11 is 0. The highest BCUT2D eigenvalue weighted by atomic mass is 16.5. The Balaban J connectivity index is 1.35. The Bertz CT molecular complexity index is 891. The first-order valence-corrected chi connectivity index (χ1v) is 9.57. The number of aryl methyl sites for hydroxylation is 1. The summed E-state index contributed by atoms with van der Waals surface area (Å²) in [7, 11) is 0. The molecule has 2 heterocycles. The van der Waals surface area contributed by atoms with Crippen LogP contribution in [-0.4, -0.2) is 40.0 Å². The van der Waals surface area contributed by atoms with E-state index in [-0.39, 0.29) is 5.91 Å². The number of fused-ring (bicyclic) bond motifs is 1. The normalized spacial score (nSPS) is 16.4. The van der Waals surface area contributed by atoms with Crippen molar-refractivity contribution >= 4 is 16.9 Å². The summed E-state index contributed by atoms with van der Waals surface area (Å²) in [6.45, 7) is 5.34. The third kappa shape index (κ3) is 3.82. The second kappa shape index (κ2) is 7.43. The van der Waals surface area contributed by atoms with Gasteiger partial charge in [-0.05, 0) is 51.0 Å². The number of ether oxygens (including phenoxy) is 1. The van der Waals surface area contributed by atoms with Crippen LogP contribution in [0.3, 0.4) is 0 Å². The van der Waals surface area contributed by atoms with Gasteiger partial charge >= 0.3 is 0 Å². The molecule has 1 saturated heterocycles. The molecule has 1 fully saturated rings. The van der Waals surface area contributed by atoms with Gasteiger partial charge < -0.3 is 14.6 Å². The molecule has 1 aliphatic heterocycles. The minimum Gasteiger partial charge on any atom is -0.481 e. The Kier molecular flexibility index (Phi) is 4.84. The average Bonchev–Trinajstić information content (AvgIpc) is 3.13. The van der Waals surface area contributed by atoms with Gasteiger partial charge in [0.2, 0.25) is 0 Å². The van der Waals surface area contributed by atoms with Crippen LogP contribution < -0.4 is 4.74 Å². The zero-order chi connectivity index (χ0) is 18.8. The number of carbonyl (C=O) groups excluding carboxylic acids is 1. The smallest absolute Gasteiger partial charge is 0.263 e. The van der Waals surface area contributed by atoms with E-state index in [0.29, 0.717) is 5.92 Å². The van der Waals surface area contributed by atoms with Crippen molar-refractivity contribution in [1.82, 2.24) is 14.9 Å². The van der Waals surface area contributed by atoms with E-state index in [2.05, 4.69) is 11.1 Å². The molecule has 3 aromatic rings. The number of likely N-dealkylation sites (tertiary alicyclic amines) is 1. The molecule has 0 bridgehead atoms. The third-order valence-corrected chi connectivity index (χ3v) is 5.28. The van der Waals surface area contributed by atoms with Crippen molar-refractivity contribution in [2.75, 3.05) is 13.1 Å². The largest absolute Gasteiger partial charge is 0.481 e. The fraction of sp³-hybridized carbons (Fsp3) is 0.364. The first kappa shape index (κ1) is 17.6. The highest BCUT2D eigenvalue weighted by molar-refractivity contribution is 5.81. The number of nitrogens with zero attached hydrogens (tertiary/aromatic N) is 2. The summed E-state index contributed by atoms with van der Waals surface area (Å²) in [5.74, 6) is 2.19. The Morgan fingerprint density at radius 3 is 2.56 bits per heavy atom. The molecule has 2 aromatic carbocycles. The summed E-state index contributed by atoms with van der Waals surface area (Å²) in [6.07, 6.45) is 1.36. The molecule has 4 rings (SSSR count). The number of hydrogen-bond acceptors (Lipinski definition) is 3. The zero-order valence-electron chi connectivity index (χ0n) is 15.8. The highest BCUT2D eigenvalue weighted by Crippen LogP contribution is 2.28. The van der Waals surface area contributed by atoms with Crippen LogP contribution in [0.2, 0.25) is 0 Å². The fourth-order valence-electron chi connectivity index (χ4n) is 3.67. The molecule has 0 aliphatic carbocycles. The molecule has 1 unspecified atom stereocenters. The van der Waals surface area contributed by atoms with E-state index in [4.69, 9.17) is 9.72 Å². The van der Waals surface area contributed by atoms with Crippen LogP contribution in [0.15, 0.2) is 48.5 Å². The lowest BCUT2D eigenvalue weighted by atomic mass is 9.96. The molecule has 1 amide bonds. The quantitative estimate of drug-likeness (QED) is 0.761. The van der Waals surface area contributed by atoms with Gasteiger partial charge in [0.05, 0.1) is 11.0 Å². The van der Waals surface area contributed by atoms with Crippen molar-refractivity contribution in [1.29, 1.82) is 0 Å². The summed E-state index contributed by atoms with van der Waals surface area (Å²) < 4.78 is 5.83. The van der Waals surface area contributed by atoms with Crippen molar-refractivity contribution < 1.29 is 9.53 Å². The van der Waals surface area contributed by atoms with Gasteiger partial charge in [0, 0.05) is 19.0 Å². The van der Waals surface area contributed by atoms with E-state index >= 15 is 0 Å². The van der Waals surface area contributed by atoms with Crippen LogP contribution in [0.1, 0.15) is 37.1 Å². The predicted molar refractivity (Wildman–Crippen MR) is 106 cm³/mol. The van der Waals surface area contributed by atoms with Crippen LogP contribution >= 0.6 is 0 Å². The highest BCUT2D eigenvalue weighted by Gasteiger charge is 2.28. The number of H-pyrrole nitrogens is 1. The number of nitrogens with one attached hydrogen (secondary N) is 1. The lowest BCUT2D eigenvalue weighted by Crippen LogP contribution is -2.44. The van der Waals surface area contributed by atoms with Crippen LogP contribution in [-0.2, 0) is 4.79 Å². The van der Waals surface area contributed by atoms with Crippen LogP contribution in [0, 0.1) is 6.92 Å². The molecular weight excluding hydrogens is 338 g/mol. The maximum absolute atomic E-state index is 12.7. The molecule has 0 saturated carbocycles. The van der Waals surface area contributed by atoms with Crippen LogP contribution in [0.4, 0.5) is 0 Å². The summed E-state index contributed by atoms with van der Waals surface area (Å²) in [5.41, 5.74) is 3.26. The predicted octanol–water partition coefficient (Wildman–Crippen LogP) is 4.04. The molecule has 140 valence electrons. The molecule has 1 atom stereocenters. The van der Waals surface area contributed by atoms with E-state index in [1.165, 1.54) is 5.56 Å². The number of rotatable bonds is 4. The van der Waals surface area contributed by atoms with Crippen molar-refractivity contribution in [3.05, 3.63) is 59.9 Å². The van der Waals surface area contributed by atoms with E-state index in [9.17, 15) is 4.79 Å². The molecule has 27 heavy (non-hydrogen) atoms. The second-order valence-corrected chi connectivity index (χ2v) is 7.31. The number of imidazole rings is 1. The Hall–Kier alpha value is -2.82. The topological polar surface area (TPSA) is 58.2 Å². The van der Waals surface area contributed by atoms with Crippen molar-refractivity contribution in [3.63, 3.8) is 0 Å². The number of para-hydroxylation sites is 2. The number of amides is 1. The molecule has 0 radical (unpaired) electrons. The minimum atomic E-state index is -0.476. The van der Waals surface area contributed by atoms with E-state index in [1.807, 2.05) is 61.2 Å². The number of aromatic amines is 1. The zero-order valence-corrected chi connectivity index (χ0v) is 15.8. The first-order valence-electron chi connectivity index (χ1n) is 9.57. The summed E-state index contributed by atoms with van der Waals surface area (Å²) in [6, 6.07) is 15.9. The molecular formula is C22H25N3O2. The monoisotopic (exact) mass is 363 g/mol. The summed E-state index contributed by atoms with van der Waals surface area (Å²) in [5, 5.41) is 0. The molecule has 5 nitrogen and oxygen atoms in total. The van der Waals surface area contributed by atoms with Crippen LogP contribution in [0.25, 0.3) is 11.0 Å². The van der Waals surface area contributed by atoms with Gasteiger partial charge in [-0.15, -0.1) is 0 Å². The minimum absolute atomic E-state index is 0.0543. The Labute approximate surface area is 159 Å². The Morgan fingerprint density at radius 1 is 1.15 bits per heavy atom. The van der Waals surface area contributed by atoms with Crippen molar-refractivity contribution in [3.8, 4) is 5.75 Å². The second-order valence-electron chi connectivity index (χ2n) is 7.31. The number of aromatic nitrogens is 2. The van der Waals surface area contributed by atoms with Crippen molar-refractivity contribution in [2.45, 2.75) is 38.7 Å². The number of piperidine rings is 1. The van der Waals surface area contributed by atoms with Crippen LogP contribution in [0.5, 0.6) is 5.75 Å². The van der Waals surface area contributed by atoms with Crippen molar-refractivity contribution in [2.24, 2.45) is 0 Å². The van der Waals surface area contributed by atoms with Gasteiger partial charge in [0.25, 0.3) is 5.91 Å². The van der Waals surface area contributed by atoms with Gasteiger partial charge in [-0.2, -0.15) is 0 Å². The van der Waals surface area contributed by atoms with Gasteiger partial charge in [-0.3, -0.25) is 4.79 Å². The number of benzene rings is 2. The number of carbonyl (C=O) groups is 1. The molecule has 0 spiro atoms. The van der Waals surface area contributed by atoms with E-state index in [0.717, 1.165) is 48.5 Å². The molecule has 1 aromatic heterocycles. The van der Waals surface area contributed by atoms with E-state index < -0.39 is 6.10 Å². The lowest BCUT2D eigenvalue weighted by molar-refractivity contribution is -0.139. The average molecular weight is 363 g/mol. The van der Waals surface area contributed by atoms with Gasteiger partial charge in [-0.25, -0.2) is 4.98 Å². The fourth-order valence-corrected chi connectivity index (χ4v) is 3.67. The molecule has 1 aliphatic rings. The maximum Gasteiger partial charge on any atom is 0.263 e. The van der Waals surface area contributed by atoms with E-state index in [1.54, 1.807) is 0 Å². The maximum atomic E-state index is 12.7. The number of hydrogen-bond donors (Lipinski definition) is 1. The third-order valence-electron chi connectivity index (χ3n) is 5.28. The lowest BCUT2D eigenvalue weighted by Gasteiger charge is -2.32. The summed E-state index contributed by atoms with van der Waals surface area (Å²) in [4.78, 5) is 22.8. The first-order chi connectivity index (χ1) is 13.1. The molecule has 5 heteroatoms. The Morgan fingerprint density at radius 2 is 1.85 bits per heavy atom. The van der Waals surface area contributed by atoms with Gasteiger partial charge in [0.15, 0.2) is 6.10 Å².